The van der Waals surface area contributed by atoms with E-state index in [0.29, 0.717) is 11.3 Å². The molecule has 1 N–H and O–H groups in total. The summed E-state index contributed by atoms with van der Waals surface area (Å²) in [6.45, 7) is 0. The maximum Gasteiger partial charge on any atom is 0.254 e. The Morgan fingerprint density at radius 1 is 0.950 bits per heavy atom. The lowest BCUT2D eigenvalue weighted by molar-refractivity contribution is -0.120. The van der Waals surface area contributed by atoms with Gasteiger partial charge in [0.25, 0.3) is 11.8 Å². The summed E-state index contributed by atoms with van der Waals surface area (Å²) in [6, 6.07) is 15.7. The summed E-state index contributed by atoms with van der Waals surface area (Å²) in [4.78, 5) is 26.4. The molecule has 0 spiro atoms. The largest absolute Gasteiger partial charge is 0.336 e. The van der Waals surface area contributed by atoms with Gasteiger partial charge in [0.15, 0.2) is 0 Å². The van der Waals surface area contributed by atoms with Crippen molar-refractivity contribution in [1.29, 1.82) is 0 Å². The minimum atomic E-state index is -0.652. The van der Waals surface area contributed by atoms with Crippen molar-refractivity contribution in [2.75, 3.05) is 11.9 Å². The van der Waals surface area contributed by atoms with Gasteiger partial charge in [-0.15, -0.1) is 0 Å². The molecule has 0 radical (unpaired) electrons. The molecule has 0 fully saturated rings. The molecular formula is C16H14N2O2. The van der Waals surface area contributed by atoms with Crippen molar-refractivity contribution in [3.63, 3.8) is 0 Å². The molecule has 2 amide bonds. The highest BCUT2D eigenvalue weighted by Crippen LogP contribution is 2.27. The van der Waals surface area contributed by atoms with E-state index in [9.17, 15) is 9.59 Å². The average molecular weight is 266 g/mol. The van der Waals surface area contributed by atoms with Crippen molar-refractivity contribution < 1.29 is 9.59 Å². The molecule has 4 nitrogen and oxygen atoms in total. The van der Waals surface area contributed by atoms with Crippen LogP contribution in [0.15, 0.2) is 54.6 Å². The van der Waals surface area contributed by atoms with Gasteiger partial charge in [-0.2, -0.15) is 0 Å². The zero-order valence-electron chi connectivity index (χ0n) is 11.0. The summed E-state index contributed by atoms with van der Waals surface area (Å²) in [5.74, 6) is -0.373. The third-order valence-electron chi connectivity index (χ3n) is 3.50. The highest BCUT2D eigenvalue weighted by molar-refractivity contribution is 6.10. The van der Waals surface area contributed by atoms with E-state index in [-0.39, 0.29) is 11.8 Å². The van der Waals surface area contributed by atoms with E-state index >= 15 is 0 Å². The van der Waals surface area contributed by atoms with Gasteiger partial charge in [0.2, 0.25) is 0 Å². The minimum absolute atomic E-state index is 0.144. The van der Waals surface area contributed by atoms with Crippen molar-refractivity contribution in [2.24, 2.45) is 0 Å². The Morgan fingerprint density at radius 2 is 1.60 bits per heavy atom. The molecule has 0 bridgehead atoms. The summed E-state index contributed by atoms with van der Waals surface area (Å²) < 4.78 is 0. The van der Waals surface area contributed by atoms with Crippen LogP contribution in [0.1, 0.15) is 22.0 Å². The van der Waals surface area contributed by atoms with Crippen LogP contribution in [0.4, 0.5) is 5.69 Å². The van der Waals surface area contributed by atoms with Gasteiger partial charge in [0, 0.05) is 7.05 Å². The van der Waals surface area contributed by atoms with Crippen LogP contribution in [0.25, 0.3) is 0 Å². The van der Waals surface area contributed by atoms with Gasteiger partial charge >= 0.3 is 0 Å². The van der Waals surface area contributed by atoms with E-state index in [0.717, 1.165) is 5.56 Å². The second-order valence-electron chi connectivity index (χ2n) is 4.73. The number of benzene rings is 2. The van der Waals surface area contributed by atoms with Crippen LogP contribution in [-0.2, 0) is 4.79 Å². The summed E-state index contributed by atoms with van der Waals surface area (Å²) in [7, 11) is 1.69. The molecule has 1 unspecified atom stereocenters. The van der Waals surface area contributed by atoms with E-state index in [1.165, 1.54) is 4.90 Å². The van der Waals surface area contributed by atoms with E-state index in [2.05, 4.69) is 5.32 Å². The van der Waals surface area contributed by atoms with E-state index in [4.69, 9.17) is 0 Å². The summed E-state index contributed by atoms with van der Waals surface area (Å²) >= 11 is 0. The van der Waals surface area contributed by atoms with Crippen molar-refractivity contribution >= 4 is 17.5 Å². The van der Waals surface area contributed by atoms with Gasteiger partial charge in [-0.25, -0.2) is 0 Å². The smallest absolute Gasteiger partial charge is 0.254 e. The van der Waals surface area contributed by atoms with Crippen molar-refractivity contribution in [3.8, 4) is 0 Å². The quantitative estimate of drug-likeness (QED) is 0.859. The van der Waals surface area contributed by atoms with E-state index in [1.807, 2.05) is 36.4 Å². The Hall–Kier alpha value is -2.62. The van der Waals surface area contributed by atoms with Gasteiger partial charge in [-0.05, 0) is 17.7 Å². The zero-order chi connectivity index (χ0) is 14.1. The number of fused-ring (bicyclic) bond motifs is 1. The Morgan fingerprint density at radius 3 is 2.35 bits per heavy atom. The molecule has 2 aromatic carbocycles. The highest BCUT2D eigenvalue weighted by atomic mass is 16.2. The Kier molecular flexibility index (Phi) is 2.99. The molecule has 4 heteroatoms. The first-order chi connectivity index (χ1) is 9.68. The fraction of sp³-hybridized carbons (Fsp3) is 0.125. The molecule has 1 atom stereocenters. The molecule has 3 rings (SSSR count). The fourth-order valence-electron chi connectivity index (χ4n) is 2.41. The van der Waals surface area contributed by atoms with Crippen LogP contribution >= 0.6 is 0 Å². The number of hydrogen-bond acceptors (Lipinski definition) is 2. The third kappa shape index (κ3) is 1.95. The molecule has 0 aromatic heterocycles. The predicted octanol–water partition coefficient (Wildman–Crippen LogP) is 2.13. The number of hydrogen-bond donors (Lipinski definition) is 1. The molecule has 0 saturated heterocycles. The van der Waals surface area contributed by atoms with Crippen LogP contribution in [0, 0.1) is 0 Å². The molecule has 1 heterocycles. The van der Waals surface area contributed by atoms with Crippen LogP contribution in [0.3, 0.4) is 0 Å². The molecule has 100 valence electrons. The summed E-state index contributed by atoms with van der Waals surface area (Å²) in [6.07, 6.45) is 0. The predicted molar refractivity (Wildman–Crippen MR) is 76.5 cm³/mol. The van der Waals surface area contributed by atoms with Gasteiger partial charge < -0.3 is 10.2 Å². The Bertz CT molecular complexity index is 667. The lowest BCUT2D eigenvalue weighted by Gasteiger charge is -2.21. The maximum absolute atomic E-state index is 12.6. The SMILES string of the molecule is CN1C(=O)C(c2ccccc2)NC(=O)c2ccccc21. The molecule has 1 aliphatic rings. The Labute approximate surface area is 117 Å². The second-order valence-corrected chi connectivity index (χ2v) is 4.73. The highest BCUT2D eigenvalue weighted by Gasteiger charge is 2.32. The number of anilines is 1. The van der Waals surface area contributed by atoms with Gasteiger partial charge in [0.1, 0.15) is 6.04 Å². The number of carbonyl (C=O) groups is 2. The first kappa shape index (κ1) is 12.4. The number of nitrogens with zero attached hydrogens (tertiary/aromatic N) is 1. The fourth-order valence-corrected chi connectivity index (χ4v) is 2.41. The van der Waals surface area contributed by atoms with Crippen LogP contribution in [-0.4, -0.2) is 18.9 Å². The van der Waals surface area contributed by atoms with Gasteiger partial charge in [-0.3, -0.25) is 9.59 Å². The number of carbonyl (C=O) groups excluding carboxylic acids is 2. The van der Waals surface area contributed by atoms with Crippen molar-refractivity contribution in [1.82, 2.24) is 5.32 Å². The topological polar surface area (TPSA) is 49.4 Å². The number of rotatable bonds is 1. The third-order valence-corrected chi connectivity index (χ3v) is 3.50. The van der Waals surface area contributed by atoms with Crippen molar-refractivity contribution in [3.05, 3.63) is 65.7 Å². The first-order valence-corrected chi connectivity index (χ1v) is 6.41. The number of nitrogens with one attached hydrogen (secondary N) is 1. The van der Waals surface area contributed by atoms with Crippen LogP contribution in [0.5, 0.6) is 0 Å². The second kappa shape index (κ2) is 4.81. The number of likely N-dealkylation sites (N-methyl/N-ethyl adjacent to an activating group) is 1. The molecule has 1 aliphatic heterocycles. The molecular weight excluding hydrogens is 252 g/mol. The number of amides is 2. The standard InChI is InChI=1S/C16H14N2O2/c1-18-13-10-6-5-9-12(13)15(19)17-14(16(18)20)11-7-3-2-4-8-11/h2-10,14H,1H3,(H,17,19). The summed E-state index contributed by atoms with van der Waals surface area (Å²) in [5.41, 5.74) is 1.93. The molecule has 2 aromatic rings. The maximum atomic E-state index is 12.6. The minimum Gasteiger partial charge on any atom is -0.336 e. The number of para-hydroxylation sites is 1. The lowest BCUT2D eigenvalue weighted by Crippen LogP contribution is -2.37. The Balaban J connectivity index is 2.08. The van der Waals surface area contributed by atoms with Crippen LogP contribution in [0.2, 0.25) is 0 Å². The van der Waals surface area contributed by atoms with Crippen LogP contribution < -0.4 is 10.2 Å². The van der Waals surface area contributed by atoms with E-state index in [1.54, 1.807) is 25.2 Å². The first-order valence-electron chi connectivity index (χ1n) is 6.41. The van der Waals surface area contributed by atoms with Gasteiger partial charge in [0.05, 0.1) is 11.3 Å². The summed E-state index contributed by atoms with van der Waals surface area (Å²) in [5, 5.41) is 2.80. The molecule has 0 aliphatic carbocycles. The van der Waals surface area contributed by atoms with Crippen molar-refractivity contribution in [2.45, 2.75) is 6.04 Å². The van der Waals surface area contributed by atoms with E-state index < -0.39 is 6.04 Å². The normalized spacial score (nSPS) is 18.2. The molecule has 0 saturated carbocycles. The monoisotopic (exact) mass is 266 g/mol. The molecule has 20 heavy (non-hydrogen) atoms. The lowest BCUT2D eigenvalue weighted by atomic mass is 10.1. The van der Waals surface area contributed by atoms with Gasteiger partial charge in [-0.1, -0.05) is 42.5 Å². The average Bonchev–Trinajstić information content (AvgIpc) is 2.60. The zero-order valence-corrected chi connectivity index (χ0v) is 11.0.